The van der Waals surface area contributed by atoms with Crippen molar-refractivity contribution in [3.8, 4) is 0 Å². The number of hydrogen-bond acceptors (Lipinski definition) is 4. The summed E-state index contributed by atoms with van der Waals surface area (Å²) < 4.78 is 26.9. The van der Waals surface area contributed by atoms with E-state index in [-0.39, 0.29) is 15.5 Å². The molecule has 9 heteroatoms. The lowest BCUT2D eigenvalue weighted by molar-refractivity contribution is 0.0995. The number of sulfonamides is 1. The summed E-state index contributed by atoms with van der Waals surface area (Å²) >= 11 is 6.10. The molecule has 1 aliphatic rings. The molecule has 0 saturated carbocycles. The van der Waals surface area contributed by atoms with Crippen molar-refractivity contribution in [1.82, 2.24) is 4.31 Å². The van der Waals surface area contributed by atoms with Crippen molar-refractivity contribution < 1.29 is 18.0 Å². The lowest BCUT2D eigenvalue weighted by atomic mass is 10.1. The third-order valence-corrected chi connectivity index (χ3v) is 6.68. The first kappa shape index (κ1) is 19.3. The Kier molecular flexibility index (Phi) is 5.50. The third-order valence-electron chi connectivity index (χ3n) is 4.30. The van der Waals surface area contributed by atoms with Gasteiger partial charge in [-0.3, -0.25) is 9.59 Å². The average molecular weight is 408 g/mol. The Morgan fingerprint density at radius 2 is 1.59 bits per heavy atom. The monoisotopic (exact) mass is 407 g/mol. The molecule has 2 aromatic rings. The lowest BCUT2D eigenvalue weighted by Crippen LogP contribution is -2.28. The molecule has 0 atom stereocenters. The second kappa shape index (κ2) is 7.67. The number of nitrogens with zero attached hydrogens (tertiary/aromatic N) is 1. The smallest absolute Gasteiger partial charge is 0.255 e. The summed E-state index contributed by atoms with van der Waals surface area (Å²) in [6.07, 6.45) is 1.63. The molecule has 0 aromatic heterocycles. The highest BCUT2D eigenvalue weighted by molar-refractivity contribution is 7.89. The topological polar surface area (TPSA) is 110 Å². The number of anilines is 1. The minimum atomic E-state index is -3.71. The van der Waals surface area contributed by atoms with Gasteiger partial charge in [-0.05, 0) is 55.3 Å². The predicted octanol–water partition coefficient (Wildman–Crippen LogP) is 2.48. The molecule has 2 aromatic carbocycles. The molecule has 0 radical (unpaired) electrons. The van der Waals surface area contributed by atoms with Crippen LogP contribution >= 0.6 is 11.6 Å². The Hall–Kier alpha value is -2.42. The first-order valence-corrected chi connectivity index (χ1v) is 10.1. The van der Waals surface area contributed by atoms with Gasteiger partial charge in [-0.1, -0.05) is 11.6 Å². The van der Waals surface area contributed by atoms with Crippen LogP contribution in [0.15, 0.2) is 47.4 Å². The molecule has 3 N–H and O–H groups in total. The minimum absolute atomic E-state index is 0.0343. The number of halogens is 1. The van der Waals surface area contributed by atoms with Gasteiger partial charge in [0.25, 0.3) is 5.91 Å². The van der Waals surface area contributed by atoms with Crippen LogP contribution < -0.4 is 11.1 Å². The summed E-state index contributed by atoms with van der Waals surface area (Å²) in [6, 6.07) is 10.1. The van der Waals surface area contributed by atoms with E-state index in [0.29, 0.717) is 24.3 Å². The maximum absolute atomic E-state index is 12.7. The number of amides is 2. The van der Waals surface area contributed by atoms with E-state index in [0.717, 1.165) is 12.8 Å². The Morgan fingerprint density at radius 1 is 1.00 bits per heavy atom. The van der Waals surface area contributed by atoms with Crippen molar-refractivity contribution in [1.29, 1.82) is 0 Å². The van der Waals surface area contributed by atoms with E-state index in [1.807, 2.05) is 0 Å². The molecule has 3 rings (SSSR count). The normalized spacial score (nSPS) is 14.9. The average Bonchev–Trinajstić information content (AvgIpc) is 3.19. The number of nitrogens with one attached hydrogen (secondary N) is 1. The molecule has 1 aliphatic heterocycles. The van der Waals surface area contributed by atoms with E-state index in [2.05, 4.69) is 5.32 Å². The highest BCUT2D eigenvalue weighted by atomic mass is 35.5. The van der Waals surface area contributed by atoms with Crippen molar-refractivity contribution in [2.24, 2.45) is 5.73 Å². The van der Waals surface area contributed by atoms with Crippen molar-refractivity contribution in [3.05, 3.63) is 58.6 Å². The fourth-order valence-electron chi connectivity index (χ4n) is 2.84. The molecule has 1 fully saturated rings. The quantitative estimate of drug-likeness (QED) is 0.793. The van der Waals surface area contributed by atoms with E-state index in [1.54, 1.807) is 0 Å². The number of hydrogen-bond donors (Lipinski definition) is 2. The van der Waals surface area contributed by atoms with Crippen LogP contribution in [0.5, 0.6) is 0 Å². The molecule has 7 nitrogen and oxygen atoms in total. The maximum atomic E-state index is 12.7. The number of carbonyl (C=O) groups excluding carboxylic acids is 2. The highest BCUT2D eigenvalue weighted by Gasteiger charge is 2.29. The zero-order chi connectivity index (χ0) is 19.6. The van der Waals surface area contributed by atoms with Gasteiger partial charge in [0, 0.05) is 29.9 Å². The van der Waals surface area contributed by atoms with Crippen molar-refractivity contribution >= 4 is 39.1 Å². The van der Waals surface area contributed by atoms with Gasteiger partial charge in [0.15, 0.2) is 0 Å². The van der Waals surface area contributed by atoms with Gasteiger partial charge < -0.3 is 11.1 Å². The largest absolute Gasteiger partial charge is 0.366 e. The molecule has 0 spiro atoms. The summed E-state index contributed by atoms with van der Waals surface area (Å²) in [6.45, 7) is 0.920. The number of carbonyl (C=O) groups is 2. The van der Waals surface area contributed by atoms with Crippen LogP contribution in [0.1, 0.15) is 33.6 Å². The first-order valence-electron chi connectivity index (χ1n) is 8.30. The highest BCUT2D eigenvalue weighted by Crippen LogP contribution is 2.29. The molecule has 142 valence electrons. The van der Waals surface area contributed by atoms with E-state index in [9.17, 15) is 18.0 Å². The van der Waals surface area contributed by atoms with Crippen LogP contribution in [0.4, 0.5) is 5.69 Å². The van der Waals surface area contributed by atoms with Gasteiger partial charge in [-0.15, -0.1) is 0 Å². The van der Waals surface area contributed by atoms with Gasteiger partial charge in [0.1, 0.15) is 4.90 Å². The Bertz CT molecular complexity index is 984. The molecular formula is C18H18ClN3O4S. The summed E-state index contributed by atoms with van der Waals surface area (Å²) in [4.78, 5) is 23.4. The number of primary amides is 1. The summed E-state index contributed by atoms with van der Waals surface area (Å²) in [5.74, 6) is -1.03. The van der Waals surface area contributed by atoms with Gasteiger partial charge in [-0.2, -0.15) is 4.31 Å². The maximum Gasteiger partial charge on any atom is 0.255 e. The fraction of sp³-hybridized carbons (Fsp3) is 0.222. The van der Waals surface area contributed by atoms with Gasteiger partial charge in [0.05, 0.1) is 5.02 Å². The van der Waals surface area contributed by atoms with E-state index in [1.165, 1.54) is 46.8 Å². The standard InChI is InChI=1S/C18H18ClN3O4S/c19-15-8-7-14(11-16(15)27(25,26)22-9-1-2-10-22)21-18(24)13-5-3-12(4-6-13)17(20)23/h3-8,11H,1-2,9-10H2,(H2,20,23)(H,21,24). The van der Waals surface area contributed by atoms with Crippen LogP contribution in [0.25, 0.3) is 0 Å². The number of rotatable bonds is 5. The molecule has 2 amide bonds. The fourth-order valence-corrected chi connectivity index (χ4v) is 4.85. The second-order valence-electron chi connectivity index (χ2n) is 6.15. The zero-order valence-corrected chi connectivity index (χ0v) is 15.9. The van der Waals surface area contributed by atoms with Gasteiger partial charge in [0.2, 0.25) is 15.9 Å². The van der Waals surface area contributed by atoms with Gasteiger partial charge in [-0.25, -0.2) is 8.42 Å². The van der Waals surface area contributed by atoms with E-state index >= 15 is 0 Å². The summed E-state index contributed by atoms with van der Waals surface area (Å²) in [7, 11) is -3.71. The van der Waals surface area contributed by atoms with Crippen molar-refractivity contribution in [2.75, 3.05) is 18.4 Å². The number of nitrogens with two attached hydrogens (primary N) is 1. The summed E-state index contributed by atoms with van der Waals surface area (Å²) in [5.41, 5.74) is 6.07. The van der Waals surface area contributed by atoms with Crippen molar-refractivity contribution in [3.63, 3.8) is 0 Å². The van der Waals surface area contributed by atoms with E-state index < -0.39 is 21.8 Å². The van der Waals surface area contributed by atoms with Crippen LogP contribution in [-0.2, 0) is 10.0 Å². The SMILES string of the molecule is NC(=O)c1ccc(C(=O)Nc2ccc(Cl)c(S(=O)(=O)N3CCCC3)c2)cc1. The lowest BCUT2D eigenvalue weighted by Gasteiger charge is -2.17. The van der Waals surface area contributed by atoms with Crippen LogP contribution in [-0.4, -0.2) is 37.6 Å². The predicted molar refractivity (Wildman–Crippen MR) is 102 cm³/mol. The Labute approximate surface area is 162 Å². The number of benzene rings is 2. The molecule has 27 heavy (non-hydrogen) atoms. The third kappa shape index (κ3) is 4.13. The van der Waals surface area contributed by atoms with Crippen molar-refractivity contribution in [2.45, 2.75) is 17.7 Å². The molecule has 1 saturated heterocycles. The van der Waals surface area contributed by atoms with Crippen LogP contribution in [0.2, 0.25) is 5.02 Å². The first-order chi connectivity index (χ1) is 12.8. The molecule has 0 aliphatic carbocycles. The van der Waals surface area contributed by atoms with Crippen LogP contribution in [0, 0.1) is 0 Å². The van der Waals surface area contributed by atoms with Crippen LogP contribution in [0.3, 0.4) is 0 Å². The zero-order valence-electron chi connectivity index (χ0n) is 14.3. The van der Waals surface area contributed by atoms with Gasteiger partial charge >= 0.3 is 0 Å². The second-order valence-corrected chi connectivity index (χ2v) is 8.47. The van der Waals surface area contributed by atoms with E-state index in [4.69, 9.17) is 17.3 Å². The minimum Gasteiger partial charge on any atom is -0.366 e. The molecule has 1 heterocycles. The Balaban J connectivity index is 1.83. The molecule has 0 bridgehead atoms. The summed E-state index contributed by atoms with van der Waals surface area (Å²) in [5, 5.41) is 2.74. The molecule has 0 unspecified atom stereocenters. The molecular weight excluding hydrogens is 390 g/mol. The Morgan fingerprint density at radius 3 is 2.19 bits per heavy atom.